The van der Waals surface area contributed by atoms with Crippen LogP contribution in [0.3, 0.4) is 0 Å². The summed E-state index contributed by atoms with van der Waals surface area (Å²) in [4.78, 5) is 39.9. The van der Waals surface area contributed by atoms with Gasteiger partial charge in [-0.05, 0) is 11.8 Å². The van der Waals surface area contributed by atoms with Crippen LogP contribution in [0.4, 0.5) is 4.79 Å². The lowest BCUT2D eigenvalue weighted by Crippen LogP contribution is -2.45. The van der Waals surface area contributed by atoms with Crippen LogP contribution in [0.2, 0.25) is 0 Å². The van der Waals surface area contributed by atoms with Gasteiger partial charge in [0.15, 0.2) is 0 Å². The highest BCUT2D eigenvalue weighted by Crippen LogP contribution is 2.10. The summed E-state index contributed by atoms with van der Waals surface area (Å²) in [5.41, 5.74) is 0. The minimum atomic E-state index is -0.391. The summed E-state index contributed by atoms with van der Waals surface area (Å²) in [5.74, 6) is 0.236. The Hall–Kier alpha value is -1.59. The molecule has 4 amide bonds. The number of imide groups is 1. The maximum Gasteiger partial charge on any atom is 0.327 e. The molecule has 6 heteroatoms. The van der Waals surface area contributed by atoms with Crippen LogP contribution in [0.25, 0.3) is 0 Å². The molecule has 0 saturated carbocycles. The Labute approximate surface area is 120 Å². The Morgan fingerprint density at radius 2 is 1.65 bits per heavy atom. The summed E-state index contributed by atoms with van der Waals surface area (Å²) in [6.07, 6.45) is 0. The van der Waals surface area contributed by atoms with E-state index in [-0.39, 0.29) is 24.9 Å². The number of hydrogen-bond acceptors (Lipinski definition) is 3. The standard InChI is InChI=1S/C14H25N3O3/c1-10(2)6-16(7-11(3)4)12(18)9-17-13(19)8-15(5)14(17)20/h10-11H,6-9H2,1-5H3. The van der Waals surface area contributed by atoms with E-state index < -0.39 is 6.03 Å². The molecule has 0 aromatic rings. The second-order valence-electron chi connectivity index (χ2n) is 6.20. The van der Waals surface area contributed by atoms with Gasteiger partial charge in [-0.2, -0.15) is 0 Å². The number of carbonyl (C=O) groups is 3. The van der Waals surface area contributed by atoms with Crippen LogP contribution < -0.4 is 0 Å². The molecule has 0 aromatic heterocycles. The third-order valence-corrected chi connectivity index (χ3v) is 3.05. The fraction of sp³-hybridized carbons (Fsp3) is 0.786. The SMILES string of the molecule is CC(C)CN(CC(C)C)C(=O)CN1C(=O)CN(C)C1=O. The zero-order valence-corrected chi connectivity index (χ0v) is 13.0. The average Bonchev–Trinajstić information content (AvgIpc) is 2.54. The summed E-state index contributed by atoms with van der Waals surface area (Å²) >= 11 is 0. The number of hydrogen-bond donors (Lipinski definition) is 0. The number of carbonyl (C=O) groups excluding carboxylic acids is 3. The largest absolute Gasteiger partial charge is 0.341 e. The van der Waals surface area contributed by atoms with Crippen LogP contribution in [-0.4, -0.2) is 65.8 Å². The Balaban J connectivity index is 2.70. The van der Waals surface area contributed by atoms with Crippen LogP contribution in [0, 0.1) is 11.8 Å². The van der Waals surface area contributed by atoms with Gasteiger partial charge in [0.05, 0.1) is 0 Å². The predicted octanol–water partition coefficient (Wildman–Crippen LogP) is 1.02. The van der Waals surface area contributed by atoms with Gasteiger partial charge in [-0.15, -0.1) is 0 Å². The number of urea groups is 1. The zero-order valence-electron chi connectivity index (χ0n) is 13.0. The van der Waals surface area contributed by atoms with E-state index in [2.05, 4.69) is 0 Å². The molecule has 1 heterocycles. The van der Waals surface area contributed by atoms with Crippen LogP contribution in [0.15, 0.2) is 0 Å². The quantitative estimate of drug-likeness (QED) is 0.684. The Bertz CT molecular complexity index is 383. The number of likely N-dealkylation sites (N-methyl/N-ethyl adjacent to an activating group) is 1. The second-order valence-corrected chi connectivity index (χ2v) is 6.20. The molecular formula is C14H25N3O3. The van der Waals surface area contributed by atoms with Gasteiger partial charge in [-0.3, -0.25) is 14.5 Å². The average molecular weight is 283 g/mol. The maximum atomic E-state index is 12.3. The van der Waals surface area contributed by atoms with Gasteiger partial charge in [0.25, 0.3) is 5.91 Å². The molecule has 1 saturated heterocycles. The molecule has 0 spiro atoms. The molecule has 0 N–H and O–H groups in total. The smallest absolute Gasteiger partial charge is 0.327 e. The van der Waals surface area contributed by atoms with Gasteiger partial charge in [-0.25, -0.2) is 4.79 Å². The Morgan fingerprint density at radius 3 is 2.00 bits per heavy atom. The van der Waals surface area contributed by atoms with Gasteiger partial charge in [0, 0.05) is 20.1 Å². The molecular weight excluding hydrogens is 258 g/mol. The first-order valence-corrected chi connectivity index (χ1v) is 7.05. The molecule has 1 aliphatic rings. The lowest BCUT2D eigenvalue weighted by Gasteiger charge is -2.27. The molecule has 0 unspecified atom stereocenters. The summed E-state index contributed by atoms with van der Waals surface area (Å²) in [6, 6.07) is -0.391. The van der Waals surface area contributed by atoms with Crippen LogP contribution in [0.5, 0.6) is 0 Å². The van der Waals surface area contributed by atoms with Crippen molar-refractivity contribution < 1.29 is 14.4 Å². The molecule has 6 nitrogen and oxygen atoms in total. The van der Waals surface area contributed by atoms with Gasteiger partial charge in [0.2, 0.25) is 5.91 Å². The second kappa shape index (κ2) is 6.72. The van der Waals surface area contributed by atoms with E-state index >= 15 is 0 Å². The monoisotopic (exact) mass is 283 g/mol. The third-order valence-electron chi connectivity index (χ3n) is 3.05. The highest BCUT2D eigenvalue weighted by atomic mass is 16.2. The Morgan fingerprint density at radius 1 is 1.15 bits per heavy atom. The highest BCUT2D eigenvalue weighted by Gasteiger charge is 2.35. The lowest BCUT2D eigenvalue weighted by atomic mass is 10.1. The normalized spacial score (nSPS) is 15.8. The van der Waals surface area contributed by atoms with E-state index in [1.165, 1.54) is 4.90 Å². The molecule has 1 rings (SSSR count). The predicted molar refractivity (Wildman–Crippen MR) is 76.0 cm³/mol. The van der Waals surface area contributed by atoms with Crippen molar-refractivity contribution in [3.63, 3.8) is 0 Å². The van der Waals surface area contributed by atoms with Gasteiger partial charge >= 0.3 is 6.03 Å². The summed E-state index contributed by atoms with van der Waals surface area (Å²) in [7, 11) is 1.56. The van der Waals surface area contributed by atoms with Crippen LogP contribution in [0.1, 0.15) is 27.7 Å². The van der Waals surface area contributed by atoms with Gasteiger partial charge < -0.3 is 9.80 Å². The van der Waals surface area contributed by atoms with Crippen molar-refractivity contribution in [1.82, 2.24) is 14.7 Å². The van der Waals surface area contributed by atoms with E-state index in [9.17, 15) is 14.4 Å². The van der Waals surface area contributed by atoms with E-state index in [1.54, 1.807) is 11.9 Å². The van der Waals surface area contributed by atoms with E-state index in [0.717, 1.165) is 4.90 Å². The minimum Gasteiger partial charge on any atom is -0.341 e. The number of amides is 4. The first-order valence-electron chi connectivity index (χ1n) is 7.05. The van der Waals surface area contributed by atoms with Crippen molar-refractivity contribution in [3.05, 3.63) is 0 Å². The summed E-state index contributed by atoms with van der Waals surface area (Å²) in [5, 5.41) is 0. The minimum absolute atomic E-state index is 0.0560. The third kappa shape index (κ3) is 4.21. The molecule has 0 bridgehead atoms. The number of rotatable bonds is 6. The highest BCUT2D eigenvalue weighted by molar-refractivity contribution is 6.04. The van der Waals surface area contributed by atoms with Gasteiger partial charge in [-0.1, -0.05) is 27.7 Å². The van der Waals surface area contributed by atoms with Crippen molar-refractivity contribution in [1.29, 1.82) is 0 Å². The fourth-order valence-corrected chi connectivity index (χ4v) is 2.22. The summed E-state index contributed by atoms with van der Waals surface area (Å²) < 4.78 is 0. The van der Waals surface area contributed by atoms with Crippen molar-refractivity contribution in [2.75, 3.05) is 33.2 Å². The van der Waals surface area contributed by atoms with Gasteiger partial charge in [0.1, 0.15) is 13.1 Å². The molecule has 0 atom stereocenters. The van der Waals surface area contributed by atoms with E-state index in [0.29, 0.717) is 24.9 Å². The molecule has 20 heavy (non-hydrogen) atoms. The first kappa shape index (κ1) is 16.5. The topological polar surface area (TPSA) is 60.9 Å². The van der Waals surface area contributed by atoms with Crippen molar-refractivity contribution in [2.24, 2.45) is 11.8 Å². The zero-order chi connectivity index (χ0) is 15.4. The van der Waals surface area contributed by atoms with E-state index in [1.807, 2.05) is 27.7 Å². The van der Waals surface area contributed by atoms with Crippen LogP contribution in [-0.2, 0) is 9.59 Å². The molecule has 1 fully saturated rings. The summed E-state index contributed by atoms with van der Waals surface area (Å²) in [6.45, 7) is 9.36. The number of nitrogens with zero attached hydrogens (tertiary/aromatic N) is 3. The van der Waals surface area contributed by atoms with Crippen molar-refractivity contribution in [2.45, 2.75) is 27.7 Å². The molecule has 0 aromatic carbocycles. The first-order chi connectivity index (χ1) is 9.22. The molecule has 0 radical (unpaired) electrons. The Kier molecular flexibility index (Phi) is 5.53. The molecule has 1 aliphatic heterocycles. The van der Waals surface area contributed by atoms with Crippen molar-refractivity contribution >= 4 is 17.8 Å². The molecule has 114 valence electrons. The lowest BCUT2D eigenvalue weighted by molar-refractivity contribution is -0.137. The fourth-order valence-electron chi connectivity index (χ4n) is 2.22. The maximum absolute atomic E-state index is 12.3. The molecule has 0 aliphatic carbocycles. The van der Waals surface area contributed by atoms with Crippen LogP contribution >= 0.6 is 0 Å². The van der Waals surface area contributed by atoms with E-state index in [4.69, 9.17) is 0 Å². The van der Waals surface area contributed by atoms with Crippen molar-refractivity contribution in [3.8, 4) is 0 Å².